The lowest BCUT2D eigenvalue weighted by atomic mass is 10.2. The van der Waals surface area contributed by atoms with Crippen LogP contribution in [0.3, 0.4) is 0 Å². The lowest BCUT2D eigenvalue weighted by Crippen LogP contribution is -2.40. The minimum absolute atomic E-state index is 0.264. The molecule has 0 aliphatic heterocycles. The van der Waals surface area contributed by atoms with Gasteiger partial charge >= 0.3 is 0 Å². The molecule has 0 N–H and O–H groups in total. The van der Waals surface area contributed by atoms with Gasteiger partial charge in [0, 0.05) is 13.8 Å². The molecule has 0 saturated carbocycles. The lowest BCUT2D eigenvalue weighted by Gasteiger charge is -2.22. The normalized spacial score (nSPS) is 12.4. The zero-order valence-corrected chi connectivity index (χ0v) is 11.0. The highest BCUT2D eigenvalue weighted by molar-refractivity contribution is 5.93. The maximum Gasteiger partial charge on any atom is 0.227 e. The van der Waals surface area contributed by atoms with E-state index in [0.717, 1.165) is 4.48 Å². The minimum atomic E-state index is -0.360. The first kappa shape index (κ1) is 14.7. The number of rotatable bonds is 2. The zero-order valence-electron chi connectivity index (χ0n) is 11.0. The highest BCUT2D eigenvalue weighted by Crippen LogP contribution is 1.99. The molecule has 4 nitrogen and oxygen atoms in total. The quantitative estimate of drug-likeness (QED) is 0.506. The molecule has 0 aromatic heterocycles. The highest BCUT2D eigenvalue weighted by atomic mass is 16.2. The molecule has 0 heterocycles. The Labute approximate surface area is 97.8 Å². The van der Waals surface area contributed by atoms with Crippen LogP contribution in [-0.2, 0) is 9.59 Å². The van der Waals surface area contributed by atoms with Crippen LogP contribution in [0, 0.1) is 11.8 Å². The van der Waals surface area contributed by atoms with E-state index in [1.54, 1.807) is 6.92 Å². The van der Waals surface area contributed by atoms with Crippen LogP contribution in [0.4, 0.5) is 0 Å². The van der Waals surface area contributed by atoms with Gasteiger partial charge in [0.25, 0.3) is 0 Å². The van der Waals surface area contributed by atoms with Crippen molar-refractivity contribution in [2.24, 2.45) is 0 Å². The molecule has 16 heavy (non-hydrogen) atoms. The number of imide groups is 1. The average Bonchev–Trinajstić information content (AvgIpc) is 1.99. The van der Waals surface area contributed by atoms with Crippen molar-refractivity contribution in [3.63, 3.8) is 0 Å². The van der Waals surface area contributed by atoms with Crippen molar-refractivity contribution >= 4 is 11.8 Å². The van der Waals surface area contributed by atoms with Gasteiger partial charge in [-0.1, -0.05) is 5.92 Å². The molecule has 0 fully saturated rings. The van der Waals surface area contributed by atoms with E-state index in [0.29, 0.717) is 6.54 Å². The molecule has 0 bridgehead atoms. The molecule has 0 saturated heterocycles. The van der Waals surface area contributed by atoms with E-state index in [9.17, 15) is 9.59 Å². The Kier molecular flexibility index (Phi) is 5.19. The summed E-state index contributed by atoms with van der Waals surface area (Å²) in [4.78, 5) is 23.6. The number of quaternary nitrogens is 1. The molecule has 0 aromatic carbocycles. The van der Waals surface area contributed by atoms with Gasteiger partial charge in [-0.3, -0.25) is 14.5 Å². The minimum Gasteiger partial charge on any atom is -0.321 e. The lowest BCUT2D eigenvalue weighted by molar-refractivity contribution is -0.862. The third-order valence-electron chi connectivity index (χ3n) is 1.93. The van der Waals surface area contributed by atoms with Crippen molar-refractivity contribution in [3.8, 4) is 11.8 Å². The van der Waals surface area contributed by atoms with E-state index in [-0.39, 0.29) is 17.9 Å². The summed E-state index contributed by atoms with van der Waals surface area (Å²) in [6.07, 6.45) is 0. The van der Waals surface area contributed by atoms with Gasteiger partial charge in [-0.05, 0) is 12.8 Å². The third kappa shape index (κ3) is 5.52. The molecular weight excluding hydrogens is 204 g/mol. The summed E-state index contributed by atoms with van der Waals surface area (Å²) in [7, 11) is 6.10. The first-order valence-corrected chi connectivity index (χ1v) is 5.24. The van der Waals surface area contributed by atoms with Crippen LogP contribution < -0.4 is 0 Å². The topological polar surface area (TPSA) is 37.4 Å². The monoisotopic (exact) mass is 225 g/mol. The Morgan fingerprint density at radius 1 is 1.19 bits per heavy atom. The summed E-state index contributed by atoms with van der Waals surface area (Å²) < 4.78 is 0.736. The molecule has 0 spiro atoms. The van der Waals surface area contributed by atoms with E-state index < -0.39 is 0 Å². The summed E-state index contributed by atoms with van der Waals surface area (Å²) in [5, 5.41) is 0. The first-order chi connectivity index (χ1) is 7.15. The van der Waals surface area contributed by atoms with Crippen molar-refractivity contribution < 1.29 is 14.1 Å². The van der Waals surface area contributed by atoms with Crippen LogP contribution in [0.2, 0.25) is 0 Å². The van der Waals surface area contributed by atoms with Crippen LogP contribution >= 0.6 is 0 Å². The number of nitrogens with zero attached hydrogens (tertiary/aromatic N) is 2. The molecule has 0 aromatic rings. The van der Waals surface area contributed by atoms with E-state index >= 15 is 0 Å². The predicted molar refractivity (Wildman–Crippen MR) is 63.3 cm³/mol. The fraction of sp³-hybridized carbons (Fsp3) is 0.667. The Balaban J connectivity index is 4.60. The summed E-state index contributed by atoms with van der Waals surface area (Å²) >= 11 is 0. The van der Waals surface area contributed by atoms with Crippen LogP contribution in [0.5, 0.6) is 0 Å². The van der Waals surface area contributed by atoms with Crippen LogP contribution in [0.1, 0.15) is 20.8 Å². The molecule has 0 rings (SSSR count). The Hall–Kier alpha value is -1.34. The average molecular weight is 225 g/mol. The Morgan fingerprint density at radius 3 is 1.94 bits per heavy atom. The molecule has 2 amide bonds. The predicted octanol–water partition coefficient (Wildman–Crippen LogP) is 0.480. The summed E-state index contributed by atoms with van der Waals surface area (Å²) in [5.41, 5.74) is 0. The van der Waals surface area contributed by atoms with Crippen molar-refractivity contribution in [2.45, 2.75) is 26.8 Å². The van der Waals surface area contributed by atoms with Gasteiger partial charge < -0.3 is 4.48 Å². The maximum atomic E-state index is 11.2. The van der Waals surface area contributed by atoms with Crippen molar-refractivity contribution in [3.05, 3.63) is 0 Å². The van der Waals surface area contributed by atoms with Crippen molar-refractivity contribution in [1.82, 2.24) is 4.90 Å². The Morgan fingerprint density at radius 2 is 1.62 bits per heavy atom. The summed E-state index contributed by atoms with van der Waals surface area (Å²) in [6.45, 7) is 5.19. The Bertz CT molecular complexity index is 317. The highest BCUT2D eigenvalue weighted by Gasteiger charge is 2.18. The van der Waals surface area contributed by atoms with Crippen LogP contribution in [-0.4, -0.2) is 54.9 Å². The fourth-order valence-electron chi connectivity index (χ4n) is 1.26. The summed E-state index contributed by atoms with van der Waals surface area (Å²) in [5.74, 6) is 5.38. The first-order valence-electron chi connectivity index (χ1n) is 5.24. The van der Waals surface area contributed by atoms with Gasteiger partial charge in [0.1, 0.15) is 6.54 Å². The van der Waals surface area contributed by atoms with E-state index in [1.165, 1.54) is 18.7 Å². The second-order valence-corrected chi connectivity index (χ2v) is 4.85. The van der Waals surface area contributed by atoms with Gasteiger partial charge in [-0.2, -0.15) is 0 Å². The second kappa shape index (κ2) is 5.66. The number of carbonyl (C=O) groups is 2. The molecule has 4 heteroatoms. The molecule has 0 radical (unpaired) electrons. The van der Waals surface area contributed by atoms with Gasteiger partial charge in [-0.15, -0.1) is 0 Å². The summed E-state index contributed by atoms with van der Waals surface area (Å²) in [6, 6.07) is -0.360. The second-order valence-electron chi connectivity index (χ2n) is 4.85. The fourth-order valence-corrected chi connectivity index (χ4v) is 1.26. The third-order valence-corrected chi connectivity index (χ3v) is 1.93. The van der Waals surface area contributed by atoms with Gasteiger partial charge in [0.05, 0.1) is 27.2 Å². The van der Waals surface area contributed by atoms with E-state index in [4.69, 9.17) is 0 Å². The maximum absolute atomic E-state index is 11.2. The molecule has 0 aliphatic rings. The van der Waals surface area contributed by atoms with Crippen molar-refractivity contribution in [1.29, 1.82) is 0 Å². The molecule has 1 unspecified atom stereocenters. The number of carbonyl (C=O) groups excluding carboxylic acids is 2. The number of amides is 2. The largest absolute Gasteiger partial charge is 0.321 e. The number of hydrogen-bond acceptors (Lipinski definition) is 2. The van der Waals surface area contributed by atoms with Crippen molar-refractivity contribution in [2.75, 3.05) is 27.7 Å². The standard InChI is InChI=1S/C12H21N2O2/c1-10(8-7-9-14(4,5)6)13(11(2)15)12(3)16/h10H,9H2,1-6H3/q+1. The van der Waals surface area contributed by atoms with E-state index in [2.05, 4.69) is 11.8 Å². The zero-order chi connectivity index (χ0) is 12.9. The smallest absolute Gasteiger partial charge is 0.227 e. The SMILES string of the molecule is CC(=O)N(C(C)=O)C(C)C#CC[N+](C)(C)C. The van der Waals surface area contributed by atoms with Gasteiger partial charge in [0.2, 0.25) is 11.8 Å². The van der Waals surface area contributed by atoms with Crippen LogP contribution in [0.25, 0.3) is 0 Å². The molecule has 0 aliphatic carbocycles. The molecule has 90 valence electrons. The van der Waals surface area contributed by atoms with E-state index in [1.807, 2.05) is 21.1 Å². The molecular formula is C12H21N2O2+. The molecule has 1 atom stereocenters. The van der Waals surface area contributed by atoms with Gasteiger partial charge in [-0.25, -0.2) is 0 Å². The van der Waals surface area contributed by atoms with Gasteiger partial charge in [0.15, 0.2) is 0 Å². The number of hydrogen-bond donors (Lipinski definition) is 0. The van der Waals surface area contributed by atoms with Crippen LogP contribution in [0.15, 0.2) is 0 Å².